The number of nitrogen functional groups attached to an aromatic ring is 2. The minimum absolute atomic E-state index is 0.272. The minimum atomic E-state index is 0.272. The molecule has 5 rings (SSSR count). The molecule has 178 valence electrons. The van der Waals surface area contributed by atoms with E-state index in [9.17, 15) is 0 Å². The Labute approximate surface area is 201 Å². The fourth-order valence-corrected chi connectivity index (χ4v) is 5.07. The van der Waals surface area contributed by atoms with Crippen LogP contribution in [0.3, 0.4) is 0 Å². The molecule has 0 atom stereocenters. The van der Waals surface area contributed by atoms with Gasteiger partial charge in [0.15, 0.2) is 5.82 Å². The Morgan fingerprint density at radius 2 is 1.91 bits per heavy atom. The number of anilines is 2. The second-order valence-corrected chi connectivity index (χ2v) is 9.51. The number of piperidine rings is 1. The van der Waals surface area contributed by atoms with Crippen LogP contribution >= 0.6 is 0 Å². The third-order valence-corrected chi connectivity index (χ3v) is 7.08. The van der Waals surface area contributed by atoms with Crippen molar-refractivity contribution in [2.75, 3.05) is 38.1 Å². The third kappa shape index (κ3) is 4.83. The highest BCUT2D eigenvalue weighted by Crippen LogP contribution is 2.32. The van der Waals surface area contributed by atoms with Gasteiger partial charge in [-0.15, -0.1) is 0 Å². The number of nitrogens with two attached hydrogens (primary N) is 2. The number of likely N-dealkylation sites (tertiary alicyclic amines) is 1. The molecular weight excluding hydrogens is 426 g/mol. The second kappa shape index (κ2) is 9.56. The molecule has 0 radical (unpaired) electrons. The van der Waals surface area contributed by atoms with Gasteiger partial charge >= 0.3 is 0 Å². The maximum Gasteiger partial charge on any atom is 0.258 e. The van der Waals surface area contributed by atoms with E-state index in [1.165, 1.54) is 42.6 Å². The smallest absolute Gasteiger partial charge is 0.258 e. The number of benzene rings is 1. The standard InChI is InChI=1S/C26H33N7O/c1-17-11-20(13-19-4-10-33(15-22(17)19)21-5-8-32(2)9-6-21)23-14-30-25(28)26(31-23)34-16-18-3-7-29-24(27)12-18/h3,7,11-14,21H,4-6,8-10,15-16H2,1-2H3,(H2,27,29)(H2,28,30). The van der Waals surface area contributed by atoms with Gasteiger partial charge < -0.3 is 21.1 Å². The zero-order valence-electron chi connectivity index (χ0n) is 20.0. The maximum atomic E-state index is 6.05. The first-order valence-electron chi connectivity index (χ1n) is 12.0. The van der Waals surface area contributed by atoms with Crippen molar-refractivity contribution in [2.45, 2.75) is 45.4 Å². The van der Waals surface area contributed by atoms with E-state index in [0.717, 1.165) is 36.3 Å². The summed E-state index contributed by atoms with van der Waals surface area (Å²) in [5.74, 6) is 1.05. The summed E-state index contributed by atoms with van der Waals surface area (Å²) in [5, 5.41) is 0. The van der Waals surface area contributed by atoms with E-state index in [4.69, 9.17) is 21.2 Å². The molecule has 4 N–H and O–H groups in total. The van der Waals surface area contributed by atoms with Crippen molar-refractivity contribution in [3.63, 3.8) is 0 Å². The number of fused-ring (bicyclic) bond motifs is 1. The van der Waals surface area contributed by atoms with Gasteiger partial charge in [0.05, 0.1) is 11.9 Å². The van der Waals surface area contributed by atoms with Crippen LogP contribution in [0.4, 0.5) is 11.6 Å². The van der Waals surface area contributed by atoms with Crippen LogP contribution in [0.25, 0.3) is 11.3 Å². The van der Waals surface area contributed by atoms with E-state index < -0.39 is 0 Å². The monoisotopic (exact) mass is 459 g/mol. The van der Waals surface area contributed by atoms with E-state index in [2.05, 4.69) is 45.9 Å². The van der Waals surface area contributed by atoms with E-state index >= 15 is 0 Å². The molecule has 0 aliphatic carbocycles. The number of hydrogen-bond donors (Lipinski definition) is 2. The molecule has 0 amide bonds. The third-order valence-electron chi connectivity index (χ3n) is 7.08. The predicted molar refractivity (Wildman–Crippen MR) is 134 cm³/mol. The molecule has 8 heteroatoms. The van der Waals surface area contributed by atoms with Crippen LogP contribution in [0.15, 0.2) is 36.7 Å². The Morgan fingerprint density at radius 1 is 1.09 bits per heavy atom. The molecular formula is C26H33N7O. The van der Waals surface area contributed by atoms with Gasteiger partial charge in [-0.1, -0.05) is 0 Å². The summed E-state index contributed by atoms with van der Waals surface area (Å²) in [6, 6.07) is 8.80. The fraction of sp³-hybridized carbons (Fsp3) is 0.423. The summed E-state index contributed by atoms with van der Waals surface area (Å²) in [7, 11) is 2.22. The molecule has 2 aliphatic rings. The molecule has 2 aromatic heterocycles. The van der Waals surface area contributed by atoms with Gasteiger partial charge in [0.2, 0.25) is 0 Å². The predicted octanol–water partition coefficient (Wildman–Crippen LogP) is 3.04. The number of rotatable bonds is 5. The molecule has 1 fully saturated rings. The first-order chi connectivity index (χ1) is 16.5. The van der Waals surface area contributed by atoms with Crippen molar-refractivity contribution in [1.82, 2.24) is 24.8 Å². The molecule has 1 aromatic carbocycles. The quantitative estimate of drug-likeness (QED) is 0.600. The van der Waals surface area contributed by atoms with Gasteiger partial charge in [0.25, 0.3) is 5.88 Å². The van der Waals surface area contributed by atoms with Crippen molar-refractivity contribution in [3.05, 3.63) is 58.9 Å². The Morgan fingerprint density at radius 3 is 2.71 bits per heavy atom. The molecule has 0 spiro atoms. The molecule has 0 bridgehead atoms. The van der Waals surface area contributed by atoms with Gasteiger partial charge in [0, 0.05) is 30.9 Å². The molecule has 4 heterocycles. The number of ether oxygens (including phenoxy) is 1. The fourth-order valence-electron chi connectivity index (χ4n) is 5.07. The van der Waals surface area contributed by atoms with Crippen molar-refractivity contribution in [1.29, 1.82) is 0 Å². The number of pyridine rings is 1. The molecule has 0 saturated carbocycles. The van der Waals surface area contributed by atoms with Crippen molar-refractivity contribution in [2.24, 2.45) is 0 Å². The van der Waals surface area contributed by atoms with Gasteiger partial charge in [-0.3, -0.25) is 4.90 Å². The SMILES string of the molecule is Cc1cc(-c2cnc(N)c(OCc3ccnc(N)c3)n2)cc2c1CN(C1CCN(C)CC1)CC2. The first kappa shape index (κ1) is 22.6. The van der Waals surface area contributed by atoms with Crippen LogP contribution in [-0.2, 0) is 19.6 Å². The van der Waals surface area contributed by atoms with E-state index in [0.29, 0.717) is 24.3 Å². The summed E-state index contributed by atoms with van der Waals surface area (Å²) < 4.78 is 5.88. The van der Waals surface area contributed by atoms with Crippen molar-refractivity contribution < 1.29 is 4.74 Å². The van der Waals surface area contributed by atoms with E-state index in [-0.39, 0.29) is 5.82 Å². The lowest BCUT2D eigenvalue weighted by atomic mass is 9.90. The Bertz CT molecular complexity index is 1170. The summed E-state index contributed by atoms with van der Waals surface area (Å²) in [6.07, 6.45) is 6.97. The van der Waals surface area contributed by atoms with Gasteiger partial charge in [0.1, 0.15) is 12.4 Å². The first-order valence-corrected chi connectivity index (χ1v) is 12.0. The van der Waals surface area contributed by atoms with Crippen LogP contribution in [0, 0.1) is 6.92 Å². The highest BCUT2D eigenvalue weighted by Gasteiger charge is 2.27. The lowest BCUT2D eigenvalue weighted by molar-refractivity contribution is 0.109. The van der Waals surface area contributed by atoms with Crippen LogP contribution in [-0.4, -0.2) is 57.5 Å². The van der Waals surface area contributed by atoms with Crippen LogP contribution in [0.2, 0.25) is 0 Å². The molecule has 3 aromatic rings. The second-order valence-electron chi connectivity index (χ2n) is 9.51. The van der Waals surface area contributed by atoms with Gasteiger partial charge in [-0.25, -0.2) is 15.0 Å². The zero-order chi connectivity index (χ0) is 23.7. The van der Waals surface area contributed by atoms with E-state index in [1.54, 1.807) is 18.5 Å². The molecule has 1 saturated heterocycles. The highest BCUT2D eigenvalue weighted by molar-refractivity contribution is 5.64. The summed E-state index contributed by atoms with van der Waals surface area (Å²) in [5.41, 5.74) is 18.7. The summed E-state index contributed by atoms with van der Waals surface area (Å²) in [4.78, 5) is 18.2. The molecule has 34 heavy (non-hydrogen) atoms. The highest BCUT2D eigenvalue weighted by atomic mass is 16.5. The average molecular weight is 460 g/mol. The van der Waals surface area contributed by atoms with Crippen LogP contribution in [0.5, 0.6) is 5.88 Å². The maximum absolute atomic E-state index is 6.05. The average Bonchev–Trinajstić information content (AvgIpc) is 2.84. The summed E-state index contributed by atoms with van der Waals surface area (Å²) >= 11 is 0. The molecule has 2 aliphatic heterocycles. The van der Waals surface area contributed by atoms with Crippen LogP contribution < -0.4 is 16.2 Å². The number of aromatic nitrogens is 3. The zero-order valence-corrected chi connectivity index (χ0v) is 20.0. The van der Waals surface area contributed by atoms with Gasteiger partial charge in [-0.05, 0) is 92.8 Å². The lowest BCUT2D eigenvalue weighted by Crippen LogP contribution is -2.45. The van der Waals surface area contributed by atoms with Crippen LogP contribution in [0.1, 0.15) is 35.1 Å². The number of hydrogen-bond acceptors (Lipinski definition) is 8. The van der Waals surface area contributed by atoms with Crippen molar-refractivity contribution in [3.8, 4) is 17.1 Å². The Kier molecular flexibility index (Phi) is 6.34. The lowest BCUT2D eigenvalue weighted by Gasteiger charge is -2.40. The molecule has 0 unspecified atom stereocenters. The topological polar surface area (TPSA) is 106 Å². The largest absolute Gasteiger partial charge is 0.470 e. The molecule has 8 nitrogen and oxygen atoms in total. The summed E-state index contributed by atoms with van der Waals surface area (Å²) in [6.45, 7) is 7.04. The van der Waals surface area contributed by atoms with E-state index in [1.807, 2.05) is 6.07 Å². The number of aryl methyl sites for hydroxylation is 1. The minimum Gasteiger partial charge on any atom is -0.470 e. The Hall–Kier alpha value is -3.23. The Balaban J connectivity index is 1.34. The van der Waals surface area contributed by atoms with Gasteiger partial charge in [-0.2, -0.15) is 0 Å². The van der Waals surface area contributed by atoms with Crippen molar-refractivity contribution >= 4 is 11.6 Å². The normalized spacial score (nSPS) is 17.5. The number of nitrogens with zero attached hydrogens (tertiary/aromatic N) is 5.